The number of methoxy groups -OCH3 is 1. The number of aliphatic carboxylic acids is 1. The molecule has 5 nitrogen and oxygen atoms in total. The summed E-state index contributed by atoms with van der Waals surface area (Å²) in [6.45, 7) is 0.180. The summed E-state index contributed by atoms with van der Waals surface area (Å²) in [5.74, 6) is -0.400. The van der Waals surface area contributed by atoms with E-state index in [1.165, 1.54) is 13.2 Å². The van der Waals surface area contributed by atoms with Crippen LogP contribution in [0.15, 0.2) is 42.0 Å². The average molecular weight is 378 g/mol. The van der Waals surface area contributed by atoms with Gasteiger partial charge in [0.2, 0.25) is 0 Å². The Balaban J connectivity index is 2.32. The first kappa shape index (κ1) is 18.7. The number of nitrogens with zero attached hydrogens (tertiary/aromatic N) is 1. The highest BCUT2D eigenvalue weighted by molar-refractivity contribution is 6.42. The fraction of sp³-hybridized carbons (Fsp3) is 0.111. The number of benzene rings is 2. The van der Waals surface area contributed by atoms with Crippen molar-refractivity contribution in [2.24, 2.45) is 0 Å². The molecule has 0 aliphatic heterocycles. The lowest BCUT2D eigenvalue weighted by Gasteiger charge is -2.12. The zero-order valence-corrected chi connectivity index (χ0v) is 14.6. The Kier molecular flexibility index (Phi) is 6.29. The van der Waals surface area contributed by atoms with Crippen molar-refractivity contribution in [2.75, 3.05) is 7.11 Å². The minimum atomic E-state index is -1.31. The molecule has 2 aromatic carbocycles. The van der Waals surface area contributed by atoms with Gasteiger partial charge >= 0.3 is 5.97 Å². The number of rotatable bonds is 6. The Morgan fingerprint density at radius 3 is 2.60 bits per heavy atom. The normalized spacial score (nSPS) is 10.9. The van der Waals surface area contributed by atoms with Crippen LogP contribution in [0.3, 0.4) is 0 Å². The van der Waals surface area contributed by atoms with E-state index in [1.807, 2.05) is 0 Å². The van der Waals surface area contributed by atoms with Crippen molar-refractivity contribution in [3.05, 3.63) is 63.1 Å². The van der Waals surface area contributed by atoms with Crippen LogP contribution in [0.5, 0.6) is 11.5 Å². The van der Waals surface area contributed by atoms with Gasteiger partial charge in [-0.15, -0.1) is 0 Å². The molecule has 0 amide bonds. The lowest BCUT2D eigenvalue weighted by atomic mass is 10.1. The molecule has 2 rings (SSSR count). The maximum atomic E-state index is 11.0. The maximum absolute atomic E-state index is 11.0. The third-order valence-corrected chi connectivity index (χ3v) is 3.99. The Hall–Kier alpha value is -2.68. The first-order valence-corrected chi connectivity index (χ1v) is 7.80. The van der Waals surface area contributed by atoms with Crippen molar-refractivity contribution in [1.29, 1.82) is 5.26 Å². The van der Waals surface area contributed by atoms with Crippen molar-refractivity contribution in [3.63, 3.8) is 0 Å². The van der Waals surface area contributed by atoms with E-state index in [4.69, 9.17) is 43.0 Å². The van der Waals surface area contributed by atoms with E-state index in [0.29, 0.717) is 27.1 Å². The van der Waals surface area contributed by atoms with E-state index < -0.39 is 11.5 Å². The molecule has 0 heterocycles. The summed E-state index contributed by atoms with van der Waals surface area (Å²) < 4.78 is 10.9. The number of carboxylic acids is 1. The summed E-state index contributed by atoms with van der Waals surface area (Å²) in [5.41, 5.74) is 0.829. The lowest BCUT2D eigenvalue weighted by Crippen LogP contribution is -2.00. The van der Waals surface area contributed by atoms with Gasteiger partial charge < -0.3 is 14.6 Å². The highest BCUT2D eigenvalue weighted by Crippen LogP contribution is 2.29. The molecule has 0 aliphatic carbocycles. The number of nitriles is 1. The average Bonchev–Trinajstić information content (AvgIpc) is 2.60. The van der Waals surface area contributed by atoms with Crippen LogP contribution in [0.4, 0.5) is 0 Å². The van der Waals surface area contributed by atoms with Crippen molar-refractivity contribution in [3.8, 4) is 17.6 Å². The molecule has 128 valence electrons. The van der Waals surface area contributed by atoms with Gasteiger partial charge in [0.05, 0.1) is 17.2 Å². The highest BCUT2D eigenvalue weighted by Gasteiger charge is 2.11. The fourth-order valence-electron chi connectivity index (χ4n) is 1.97. The first-order valence-electron chi connectivity index (χ1n) is 7.04. The zero-order chi connectivity index (χ0) is 18.4. The minimum Gasteiger partial charge on any atom is -0.497 e. The molecular formula is C18H13Cl2NO4. The van der Waals surface area contributed by atoms with E-state index >= 15 is 0 Å². The van der Waals surface area contributed by atoms with Crippen LogP contribution in [-0.4, -0.2) is 18.2 Å². The van der Waals surface area contributed by atoms with E-state index in [-0.39, 0.29) is 6.61 Å². The van der Waals surface area contributed by atoms with E-state index in [2.05, 4.69) is 0 Å². The van der Waals surface area contributed by atoms with Crippen LogP contribution in [0, 0.1) is 11.3 Å². The lowest BCUT2D eigenvalue weighted by molar-refractivity contribution is -0.132. The molecule has 0 aromatic heterocycles. The fourth-order valence-corrected chi connectivity index (χ4v) is 2.29. The third-order valence-electron chi connectivity index (χ3n) is 3.25. The standard InChI is InChI=1S/C18H13Cl2NO4/c1-24-14-4-3-12(7-13(9-21)18(22)23)17(8-14)25-10-11-2-5-15(19)16(20)6-11/h2-8H,10H2,1H3,(H,22,23). The second kappa shape index (κ2) is 8.43. The molecule has 0 saturated heterocycles. The number of carbonyl (C=O) groups is 1. The van der Waals surface area contributed by atoms with Gasteiger partial charge in [0.1, 0.15) is 29.7 Å². The molecule has 1 N–H and O–H groups in total. The largest absolute Gasteiger partial charge is 0.497 e. The van der Waals surface area contributed by atoms with Gasteiger partial charge in [-0.3, -0.25) is 0 Å². The number of hydrogen-bond donors (Lipinski definition) is 1. The number of halogens is 2. The Labute approximate surface area is 154 Å². The van der Waals surface area contributed by atoms with Gasteiger partial charge in [-0.25, -0.2) is 4.79 Å². The van der Waals surface area contributed by atoms with Gasteiger partial charge in [-0.1, -0.05) is 29.3 Å². The second-order valence-electron chi connectivity index (χ2n) is 4.92. The molecule has 0 spiro atoms. The highest BCUT2D eigenvalue weighted by atomic mass is 35.5. The minimum absolute atomic E-state index is 0.180. The van der Waals surface area contributed by atoms with Gasteiger partial charge in [0.25, 0.3) is 0 Å². The Morgan fingerprint density at radius 2 is 2.00 bits per heavy atom. The monoisotopic (exact) mass is 377 g/mol. The molecular weight excluding hydrogens is 365 g/mol. The van der Waals surface area contributed by atoms with Gasteiger partial charge in [0.15, 0.2) is 0 Å². The molecule has 7 heteroatoms. The van der Waals surface area contributed by atoms with Gasteiger partial charge in [0, 0.05) is 11.6 Å². The molecule has 0 bridgehead atoms. The summed E-state index contributed by atoms with van der Waals surface area (Å²) in [5, 5.41) is 18.8. The van der Waals surface area contributed by atoms with Crippen LogP contribution in [0.25, 0.3) is 6.08 Å². The third kappa shape index (κ3) is 4.90. The van der Waals surface area contributed by atoms with Crippen LogP contribution >= 0.6 is 23.2 Å². The first-order chi connectivity index (χ1) is 11.9. The molecule has 0 unspecified atom stereocenters. The smallest absolute Gasteiger partial charge is 0.346 e. The van der Waals surface area contributed by atoms with E-state index in [1.54, 1.807) is 42.5 Å². The van der Waals surface area contributed by atoms with Crippen LogP contribution in [-0.2, 0) is 11.4 Å². The Bertz CT molecular complexity index is 872. The zero-order valence-electron chi connectivity index (χ0n) is 13.1. The molecule has 0 saturated carbocycles. The van der Waals surface area contributed by atoms with Crippen molar-refractivity contribution in [1.82, 2.24) is 0 Å². The SMILES string of the molecule is COc1ccc(C=C(C#N)C(=O)O)c(OCc2ccc(Cl)c(Cl)c2)c1. The molecule has 2 aromatic rings. The van der Waals surface area contributed by atoms with Crippen molar-refractivity contribution < 1.29 is 19.4 Å². The van der Waals surface area contributed by atoms with E-state index in [0.717, 1.165) is 5.56 Å². The van der Waals surface area contributed by atoms with Crippen molar-refractivity contribution in [2.45, 2.75) is 6.61 Å². The number of carboxylic acid groups (broad SMARTS) is 1. The predicted octanol–water partition coefficient (Wildman–Crippen LogP) is 4.57. The van der Waals surface area contributed by atoms with Crippen LogP contribution < -0.4 is 9.47 Å². The summed E-state index contributed by atoms with van der Waals surface area (Å²) in [4.78, 5) is 11.0. The molecule has 0 aliphatic rings. The molecule has 0 atom stereocenters. The summed E-state index contributed by atoms with van der Waals surface area (Å²) in [6, 6.07) is 11.6. The topological polar surface area (TPSA) is 79.5 Å². The maximum Gasteiger partial charge on any atom is 0.346 e. The van der Waals surface area contributed by atoms with Gasteiger partial charge in [-0.2, -0.15) is 5.26 Å². The number of hydrogen-bond acceptors (Lipinski definition) is 4. The molecule has 25 heavy (non-hydrogen) atoms. The summed E-state index contributed by atoms with van der Waals surface area (Å²) in [6.07, 6.45) is 1.24. The van der Waals surface area contributed by atoms with Gasteiger partial charge in [-0.05, 0) is 35.9 Å². The Morgan fingerprint density at radius 1 is 1.24 bits per heavy atom. The molecule has 0 radical (unpaired) electrons. The quantitative estimate of drug-likeness (QED) is 0.588. The van der Waals surface area contributed by atoms with Crippen molar-refractivity contribution >= 4 is 35.2 Å². The number of ether oxygens (including phenoxy) is 2. The predicted molar refractivity (Wildman–Crippen MR) is 95.0 cm³/mol. The summed E-state index contributed by atoms with van der Waals surface area (Å²) in [7, 11) is 1.51. The second-order valence-corrected chi connectivity index (χ2v) is 5.73. The van der Waals surface area contributed by atoms with Crippen LogP contribution in [0.1, 0.15) is 11.1 Å². The molecule has 0 fully saturated rings. The van der Waals surface area contributed by atoms with Crippen LogP contribution in [0.2, 0.25) is 10.0 Å². The summed E-state index contributed by atoms with van der Waals surface area (Å²) >= 11 is 11.9. The van der Waals surface area contributed by atoms with E-state index in [9.17, 15) is 4.79 Å².